The van der Waals surface area contributed by atoms with E-state index in [1.165, 1.54) is 0 Å². The lowest BCUT2D eigenvalue weighted by molar-refractivity contribution is 1.15. The first-order chi connectivity index (χ1) is 9.27. The van der Waals surface area contributed by atoms with Gasteiger partial charge in [-0.05, 0) is 44.1 Å². The van der Waals surface area contributed by atoms with Crippen LogP contribution in [0.2, 0.25) is 0 Å². The van der Waals surface area contributed by atoms with Crippen LogP contribution in [0.5, 0.6) is 0 Å². The predicted molar refractivity (Wildman–Crippen MR) is 85.6 cm³/mol. The molecule has 0 fully saturated rings. The maximum atomic E-state index is 4.35. The number of aliphatic imine (C=N–C) groups is 1. The van der Waals surface area contributed by atoms with Crippen LogP contribution in [-0.4, -0.2) is 11.2 Å². The molecule has 19 heavy (non-hydrogen) atoms. The average molecular weight is 259 g/mol. The topological polar surface area (TPSA) is 37.3 Å². The van der Waals surface area contributed by atoms with Crippen molar-refractivity contribution in [1.29, 1.82) is 0 Å². The van der Waals surface area contributed by atoms with Gasteiger partial charge in [0.15, 0.2) is 0 Å². The Bertz CT molecular complexity index is 431. The Labute approximate surface area is 117 Å². The minimum absolute atomic E-state index is 0.849. The van der Waals surface area contributed by atoms with E-state index in [1.54, 1.807) is 12.4 Å². The number of allylic oxidation sites excluding steroid dienone is 3. The molecule has 0 aromatic carbocycles. The fourth-order valence-electron chi connectivity index (χ4n) is 1.27. The van der Waals surface area contributed by atoms with Crippen LogP contribution in [0.3, 0.4) is 0 Å². The van der Waals surface area contributed by atoms with Gasteiger partial charge in [0, 0.05) is 12.4 Å². The molecule has 0 aliphatic heterocycles. The van der Waals surface area contributed by atoms with Gasteiger partial charge in [-0.1, -0.05) is 26.8 Å². The molecular weight excluding hydrogens is 234 g/mol. The zero-order valence-electron chi connectivity index (χ0n) is 12.6. The molecule has 0 radical (unpaired) electrons. The summed E-state index contributed by atoms with van der Waals surface area (Å²) in [6.07, 6.45) is 12.2. The van der Waals surface area contributed by atoms with E-state index in [-0.39, 0.29) is 0 Å². The first-order valence-electron chi connectivity index (χ1n) is 6.81. The van der Waals surface area contributed by atoms with Crippen LogP contribution in [0, 0.1) is 6.92 Å². The number of nitrogens with one attached hydrogen (secondary N) is 1. The lowest BCUT2D eigenvalue weighted by Crippen LogP contribution is -1.99. The van der Waals surface area contributed by atoms with E-state index in [9.17, 15) is 0 Å². The highest BCUT2D eigenvalue weighted by atomic mass is 15.0. The molecule has 0 saturated carbocycles. The van der Waals surface area contributed by atoms with Gasteiger partial charge in [0.25, 0.3) is 0 Å². The second-order valence-electron chi connectivity index (χ2n) is 3.62. The lowest BCUT2D eigenvalue weighted by atomic mass is 10.2. The molecule has 0 aliphatic rings. The first-order valence-corrected chi connectivity index (χ1v) is 6.81. The SMILES string of the molecule is CC.C\C=C/C=N\C(=C\CC)Nc1cnccc1C. The molecule has 0 unspecified atom stereocenters. The van der Waals surface area contributed by atoms with E-state index >= 15 is 0 Å². The summed E-state index contributed by atoms with van der Waals surface area (Å²) in [5.74, 6) is 0.849. The molecule has 0 aliphatic carbocycles. The standard InChI is InChI=1S/C14H19N3.C2H6/c1-4-6-9-16-14(7-5-2)17-13-11-15-10-8-12(13)3;1-2/h4,6-11,17H,5H2,1-3H3;1-2H3/b6-4-,14-7-,16-9-;. The van der Waals surface area contributed by atoms with E-state index in [0.717, 1.165) is 23.5 Å². The summed E-state index contributed by atoms with van der Waals surface area (Å²) in [6, 6.07) is 1.97. The van der Waals surface area contributed by atoms with Crippen molar-refractivity contribution in [2.45, 2.75) is 41.0 Å². The highest BCUT2D eigenvalue weighted by Crippen LogP contribution is 2.14. The Kier molecular flexibility index (Phi) is 10.1. The largest absolute Gasteiger partial charge is 0.339 e. The Balaban J connectivity index is 0.00000154. The predicted octanol–water partition coefficient (Wildman–Crippen LogP) is 4.73. The van der Waals surface area contributed by atoms with Crippen molar-refractivity contribution in [2.75, 3.05) is 5.32 Å². The fourth-order valence-corrected chi connectivity index (χ4v) is 1.27. The first kappa shape index (κ1) is 17.1. The number of nitrogens with zero attached hydrogens (tertiary/aromatic N) is 2. The zero-order valence-corrected chi connectivity index (χ0v) is 12.6. The van der Waals surface area contributed by atoms with E-state index in [4.69, 9.17) is 0 Å². The number of rotatable bonds is 5. The molecule has 0 spiro atoms. The second kappa shape index (κ2) is 11.2. The monoisotopic (exact) mass is 259 g/mol. The lowest BCUT2D eigenvalue weighted by Gasteiger charge is -2.08. The van der Waals surface area contributed by atoms with Crippen LogP contribution in [0.1, 0.15) is 39.7 Å². The van der Waals surface area contributed by atoms with Crippen molar-refractivity contribution in [1.82, 2.24) is 4.98 Å². The Morgan fingerprint density at radius 3 is 2.74 bits per heavy atom. The summed E-state index contributed by atoms with van der Waals surface area (Å²) in [6.45, 7) is 10.1. The highest BCUT2D eigenvalue weighted by molar-refractivity contribution is 5.72. The molecule has 0 saturated heterocycles. The normalized spacial score (nSPS) is 11.5. The van der Waals surface area contributed by atoms with E-state index in [0.29, 0.717) is 0 Å². The summed E-state index contributed by atoms with van der Waals surface area (Å²) in [5, 5.41) is 3.27. The highest BCUT2D eigenvalue weighted by Gasteiger charge is 1.98. The summed E-state index contributed by atoms with van der Waals surface area (Å²) < 4.78 is 0. The third kappa shape index (κ3) is 7.19. The van der Waals surface area contributed by atoms with Crippen molar-refractivity contribution >= 4 is 11.9 Å². The molecule has 3 heteroatoms. The van der Waals surface area contributed by atoms with Gasteiger partial charge in [-0.3, -0.25) is 4.98 Å². The number of aryl methyl sites for hydroxylation is 1. The molecule has 0 amide bonds. The van der Waals surface area contributed by atoms with Gasteiger partial charge in [0.2, 0.25) is 0 Å². The Hall–Kier alpha value is -1.90. The molecule has 0 atom stereocenters. The van der Waals surface area contributed by atoms with Crippen LogP contribution >= 0.6 is 0 Å². The Morgan fingerprint density at radius 2 is 2.16 bits per heavy atom. The number of aromatic nitrogens is 1. The van der Waals surface area contributed by atoms with Gasteiger partial charge in [-0.2, -0.15) is 0 Å². The van der Waals surface area contributed by atoms with Crippen molar-refractivity contribution in [3.8, 4) is 0 Å². The van der Waals surface area contributed by atoms with Crippen molar-refractivity contribution < 1.29 is 0 Å². The number of anilines is 1. The average Bonchev–Trinajstić information content (AvgIpc) is 2.44. The molecule has 1 heterocycles. The van der Waals surface area contributed by atoms with Crippen LogP contribution in [-0.2, 0) is 0 Å². The minimum Gasteiger partial charge on any atom is -0.339 e. The second-order valence-corrected chi connectivity index (χ2v) is 3.62. The Morgan fingerprint density at radius 1 is 1.42 bits per heavy atom. The van der Waals surface area contributed by atoms with Gasteiger partial charge in [0.05, 0.1) is 11.9 Å². The number of pyridine rings is 1. The molecule has 1 aromatic heterocycles. The number of hydrogen-bond acceptors (Lipinski definition) is 3. The summed E-state index contributed by atoms with van der Waals surface area (Å²) in [4.78, 5) is 8.45. The minimum atomic E-state index is 0.849. The quantitative estimate of drug-likeness (QED) is 0.776. The van der Waals surface area contributed by atoms with Gasteiger partial charge in [-0.25, -0.2) is 4.99 Å². The van der Waals surface area contributed by atoms with Gasteiger partial charge in [-0.15, -0.1) is 0 Å². The third-order valence-electron chi connectivity index (χ3n) is 2.19. The third-order valence-corrected chi connectivity index (χ3v) is 2.19. The molecule has 1 aromatic rings. The van der Waals surface area contributed by atoms with Crippen LogP contribution in [0.25, 0.3) is 0 Å². The summed E-state index contributed by atoms with van der Waals surface area (Å²) in [5.41, 5.74) is 2.15. The van der Waals surface area contributed by atoms with Crippen LogP contribution in [0.15, 0.2) is 47.5 Å². The molecular formula is C16H25N3. The maximum absolute atomic E-state index is 4.35. The fraction of sp³-hybridized carbons (Fsp3) is 0.375. The summed E-state index contributed by atoms with van der Waals surface area (Å²) in [7, 11) is 0. The van der Waals surface area contributed by atoms with Crippen molar-refractivity contribution in [3.63, 3.8) is 0 Å². The molecule has 3 nitrogen and oxygen atoms in total. The van der Waals surface area contributed by atoms with Gasteiger partial charge in [0.1, 0.15) is 5.82 Å². The molecule has 0 bridgehead atoms. The van der Waals surface area contributed by atoms with Crippen molar-refractivity contribution in [2.24, 2.45) is 4.99 Å². The van der Waals surface area contributed by atoms with E-state index in [2.05, 4.69) is 22.2 Å². The zero-order chi connectivity index (χ0) is 14.5. The van der Waals surface area contributed by atoms with E-state index < -0.39 is 0 Å². The van der Waals surface area contributed by atoms with Crippen molar-refractivity contribution in [3.05, 3.63) is 48.1 Å². The molecule has 1 N–H and O–H groups in total. The van der Waals surface area contributed by atoms with Crippen LogP contribution < -0.4 is 5.32 Å². The van der Waals surface area contributed by atoms with Gasteiger partial charge >= 0.3 is 0 Å². The maximum Gasteiger partial charge on any atom is 0.126 e. The number of hydrogen-bond donors (Lipinski definition) is 1. The van der Waals surface area contributed by atoms with E-state index in [1.807, 2.05) is 58.2 Å². The molecule has 104 valence electrons. The smallest absolute Gasteiger partial charge is 0.126 e. The van der Waals surface area contributed by atoms with Gasteiger partial charge < -0.3 is 5.32 Å². The van der Waals surface area contributed by atoms with Crippen LogP contribution in [0.4, 0.5) is 5.69 Å². The molecule has 1 rings (SSSR count). The summed E-state index contributed by atoms with van der Waals surface area (Å²) >= 11 is 0.